The van der Waals surface area contributed by atoms with E-state index in [1.54, 1.807) is 25.1 Å². The third kappa shape index (κ3) is 3.65. The lowest BCUT2D eigenvalue weighted by molar-refractivity contribution is -0.384. The van der Waals surface area contributed by atoms with E-state index in [-0.39, 0.29) is 16.1 Å². The van der Waals surface area contributed by atoms with Crippen molar-refractivity contribution in [1.82, 2.24) is 0 Å². The molecule has 0 unspecified atom stereocenters. The predicted molar refractivity (Wildman–Crippen MR) is 113 cm³/mol. The second-order valence-corrected chi connectivity index (χ2v) is 8.91. The molecule has 0 atom stereocenters. The SMILES string of the molecule is Cc1ccc([N+](=O)[O-])cc1NC(=O)c1ccc2c(c1)S(=O)(=O)N=C1CCCCCN12. The molecule has 2 aliphatic rings. The number of fused-ring (bicyclic) bond motifs is 3. The van der Waals surface area contributed by atoms with Crippen LogP contribution in [0.2, 0.25) is 0 Å². The highest BCUT2D eigenvalue weighted by atomic mass is 32.2. The van der Waals surface area contributed by atoms with Crippen LogP contribution in [0.3, 0.4) is 0 Å². The van der Waals surface area contributed by atoms with Crippen LogP contribution in [-0.4, -0.2) is 31.6 Å². The van der Waals surface area contributed by atoms with E-state index in [2.05, 4.69) is 9.71 Å². The van der Waals surface area contributed by atoms with E-state index >= 15 is 0 Å². The van der Waals surface area contributed by atoms with Crippen molar-refractivity contribution in [2.45, 2.75) is 37.5 Å². The van der Waals surface area contributed by atoms with Crippen molar-refractivity contribution in [3.05, 3.63) is 57.6 Å². The molecule has 1 amide bonds. The smallest absolute Gasteiger partial charge is 0.286 e. The molecule has 10 heteroatoms. The lowest BCUT2D eigenvalue weighted by Gasteiger charge is -2.29. The molecule has 2 aromatic carbocycles. The van der Waals surface area contributed by atoms with Gasteiger partial charge in [-0.3, -0.25) is 14.9 Å². The van der Waals surface area contributed by atoms with Crippen LogP contribution in [0.4, 0.5) is 17.1 Å². The number of sulfonamides is 1. The predicted octanol–water partition coefficient (Wildman–Crippen LogP) is 3.64. The summed E-state index contributed by atoms with van der Waals surface area (Å²) in [6.45, 7) is 2.39. The Bertz CT molecular complexity index is 1190. The third-order valence-electron chi connectivity index (χ3n) is 5.29. The van der Waals surface area contributed by atoms with Gasteiger partial charge in [-0.2, -0.15) is 8.42 Å². The largest absolute Gasteiger partial charge is 0.328 e. The van der Waals surface area contributed by atoms with Gasteiger partial charge in [0.2, 0.25) is 0 Å². The van der Waals surface area contributed by atoms with E-state index in [9.17, 15) is 23.3 Å². The molecule has 9 nitrogen and oxygen atoms in total. The summed E-state index contributed by atoms with van der Waals surface area (Å²) in [5.74, 6) is -0.00772. The van der Waals surface area contributed by atoms with Crippen molar-refractivity contribution in [3.63, 3.8) is 0 Å². The molecule has 0 spiro atoms. The van der Waals surface area contributed by atoms with Gasteiger partial charge in [-0.15, -0.1) is 4.40 Å². The topological polar surface area (TPSA) is 122 Å². The first-order chi connectivity index (χ1) is 14.3. The monoisotopic (exact) mass is 428 g/mol. The van der Waals surface area contributed by atoms with Crippen LogP contribution in [0.15, 0.2) is 45.7 Å². The number of amides is 1. The number of carbonyl (C=O) groups excluding carboxylic acids is 1. The molecule has 156 valence electrons. The Morgan fingerprint density at radius 1 is 1.17 bits per heavy atom. The molecule has 1 N–H and O–H groups in total. The highest BCUT2D eigenvalue weighted by Crippen LogP contribution is 2.35. The van der Waals surface area contributed by atoms with Gasteiger partial charge in [0.25, 0.3) is 21.6 Å². The lowest BCUT2D eigenvalue weighted by Crippen LogP contribution is -2.35. The molecule has 4 rings (SSSR count). The standard InChI is InChI=1S/C20H20N4O5S/c1-13-6-8-15(24(26)27)12-16(13)21-20(25)14-7-9-17-18(11-14)30(28,29)22-19-5-3-2-4-10-23(17)19/h6-9,11-12H,2-5,10H2,1H3,(H,21,25). The summed E-state index contributed by atoms with van der Waals surface area (Å²) in [6.07, 6.45) is 3.44. The zero-order valence-corrected chi connectivity index (χ0v) is 17.1. The summed E-state index contributed by atoms with van der Waals surface area (Å²) in [5, 5.41) is 13.6. The molecular formula is C20H20N4O5S. The number of carbonyl (C=O) groups is 1. The Morgan fingerprint density at radius 3 is 2.73 bits per heavy atom. The van der Waals surface area contributed by atoms with E-state index in [0.29, 0.717) is 35.7 Å². The maximum atomic E-state index is 12.8. The number of hydrogen-bond donors (Lipinski definition) is 1. The number of anilines is 2. The summed E-state index contributed by atoms with van der Waals surface area (Å²) in [5.41, 5.74) is 1.47. The van der Waals surface area contributed by atoms with Crippen LogP contribution in [0, 0.1) is 17.0 Å². The quantitative estimate of drug-likeness (QED) is 0.588. The van der Waals surface area contributed by atoms with Crippen LogP contribution >= 0.6 is 0 Å². The molecule has 1 saturated heterocycles. The highest BCUT2D eigenvalue weighted by Gasteiger charge is 2.32. The van der Waals surface area contributed by atoms with Gasteiger partial charge in [0.05, 0.1) is 16.3 Å². The average Bonchev–Trinajstić information content (AvgIpc) is 2.94. The molecule has 0 bridgehead atoms. The van der Waals surface area contributed by atoms with Gasteiger partial charge in [-0.1, -0.05) is 12.5 Å². The Morgan fingerprint density at radius 2 is 1.97 bits per heavy atom. The number of aryl methyl sites for hydroxylation is 1. The Kier molecular flexibility index (Phi) is 5.02. The molecule has 0 aliphatic carbocycles. The number of rotatable bonds is 3. The minimum atomic E-state index is -3.91. The number of amidine groups is 1. The second-order valence-electron chi connectivity index (χ2n) is 7.34. The van der Waals surface area contributed by atoms with Gasteiger partial charge in [-0.25, -0.2) is 0 Å². The molecule has 2 aromatic rings. The van der Waals surface area contributed by atoms with Crippen LogP contribution in [-0.2, 0) is 10.0 Å². The van der Waals surface area contributed by atoms with Crippen LogP contribution in [0.5, 0.6) is 0 Å². The fourth-order valence-corrected chi connectivity index (χ4v) is 4.96. The molecule has 0 radical (unpaired) electrons. The summed E-state index contributed by atoms with van der Waals surface area (Å²) < 4.78 is 29.4. The van der Waals surface area contributed by atoms with Crippen LogP contribution in [0.1, 0.15) is 41.6 Å². The van der Waals surface area contributed by atoms with Crippen molar-refractivity contribution in [2.75, 3.05) is 16.8 Å². The summed E-state index contributed by atoms with van der Waals surface area (Å²) in [4.78, 5) is 25.1. The van der Waals surface area contributed by atoms with Gasteiger partial charge < -0.3 is 10.2 Å². The van der Waals surface area contributed by atoms with E-state index in [0.717, 1.165) is 19.3 Å². The molecule has 30 heavy (non-hydrogen) atoms. The minimum absolute atomic E-state index is 0.00318. The molecule has 2 heterocycles. The molecule has 0 aromatic heterocycles. The van der Waals surface area contributed by atoms with Crippen molar-refractivity contribution >= 4 is 38.8 Å². The second kappa shape index (κ2) is 7.52. The zero-order chi connectivity index (χ0) is 21.5. The fourth-order valence-electron chi connectivity index (χ4n) is 3.67. The molecular weight excluding hydrogens is 408 g/mol. The number of nitrogens with zero attached hydrogens (tertiary/aromatic N) is 3. The van der Waals surface area contributed by atoms with Gasteiger partial charge in [-0.05, 0) is 43.5 Å². The summed E-state index contributed by atoms with van der Waals surface area (Å²) >= 11 is 0. The van der Waals surface area contributed by atoms with Crippen molar-refractivity contribution in [3.8, 4) is 0 Å². The van der Waals surface area contributed by atoms with Crippen molar-refractivity contribution in [2.24, 2.45) is 4.40 Å². The van der Waals surface area contributed by atoms with Crippen molar-refractivity contribution < 1.29 is 18.1 Å². The first kappa shape index (κ1) is 20.0. The van der Waals surface area contributed by atoms with Crippen LogP contribution < -0.4 is 10.2 Å². The van der Waals surface area contributed by atoms with E-state index in [1.807, 2.05) is 4.90 Å². The number of nitrogens with one attached hydrogen (secondary N) is 1. The first-order valence-electron chi connectivity index (χ1n) is 9.58. The summed E-state index contributed by atoms with van der Waals surface area (Å²) in [7, 11) is -3.91. The van der Waals surface area contributed by atoms with Crippen LogP contribution in [0.25, 0.3) is 0 Å². The third-order valence-corrected chi connectivity index (χ3v) is 6.62. The zero-order valence-electron chi connectivity index (χ0n) is 16.3. The van der Waals surface area contributed by atoms with Gasteiger partial charge >= 0.3 is 0 Å². The number of non-ortho nitro benzene ring substituents is 1. The number of nitro benzene ring substituents is 1. The van der Waals surface area contributed by atoms with E-state index < -0.39 is 20.9 Å². The molecule has 1 fully saturated rings. The number of benzene rings is 2. The van der Waals surface area contributed by atoms with Gasteiger partial charge in [0, 0.05) is 30.7 Å². The Balaban J connectivity index is 1.68. The Hall–Kier alpha value is -3.27. The lowest BCUT2D eigenvalue weighted by atomic mass is 10.1. The maximum Gasteiger partial charge on any atom is 0.286 e. The minimum Gasteiger partial charge on any atom is -0.328 e. The van der Waals surface area contributed by atoms with E-state index in [1.165, 1.54) is 18.2 Å². The summed E-state index contributed by atoms with van der Waals surface area (Å²) in [6, 6.07) is 8.67. The number of nitro groups is 1. The first-order valence-corrected chi connectivity index (χ1v) is 11.0. The van der Waals surface area contributed by atoms with Crippen molar-refractivity contribution in [1.29, 1.82) is 0 Å². The average molecular weight is 428 g/mol. The van der Waals surface area contributed by atoms with Gasteiger partial charge in [0.15, 0.2) is 0 Å². The maximum absolute atomic E-state index is 12.8. The van der Waals surface area contributed by atoms with Gasteiger partial charge in [0.1, 0.15) is 10.7 Å². The highest BCUT2D eigenvalue weighted by molar-refractivity contribution is 7.90. The molecule has 2 aliphatic heterocycles. The fraction of sp³-hybridized carbons (Fsp3) is 0.300. The molecule has 0 saturated carbocycles. The van der Waals surface area contributed by atoms with E-state index in [4.69, 9.17) is 0 Å². The number of hydrogen-bond acceptors (Lipinski definition) is 6. The normalized spacial score (nSPS) is 17.2. The Labute approximate surface area is 173 Å².